The summed E-state index contributed by atoms with van der Waals surface area (Å²) in [5.74, 6) is 0. The van der Waals surface area contributed by atoms with E-state index in [1.807, 2.05) is 0 Å². The van der Waals surface area contributed by atoms with Gasteiger partial charge in [0.2, 0.25) is 0 Å². The molecule has 2 atom stereocenters. The highest BCUT2D eigenvalue weighted by Gasteiger charge is 2.16. The molecule has 0 aliphatic carbocycles. The maximum absolute atomic E-state index is 4.33. The Morgan fingerprint density at radius 1 is 1.75 bits per heavy atom. The number of thiol groups is 1. The van der Waals surface area contributed by atoms with Crippen molar-refractivity contribution in [1.29, 1.82) is 0 Å². The van der Waals surface area contributed by atoms with E-state index in [4.69, 9.17) is 0 Å². The number of nitrogens with one attached hydrogen (secondary N) is 1. The maximum atomic E-state index is 4.33. The van der Waals surface area contributed by atoms with Crippen LogP contribution in [-0.4, -0.2) is 17.8 Å². The monoisotopic (exact) mass is 131 g/mol. The van der Waals surface area contributed by atoms with E-state index < -0.39 is 0 Å². The Hall–Kier alpha value is 0.310. The van der Waals surface area contributed by atoms with Crippen LogP contribution in [0.1, 0.15) is 19.8 Å². The molecule has 0 amide bonds. The highest BCUT2D eigenvalue weighted by atomic mass is 32.1. The molecule has 8 heavy (non-hydrogen) atoms. The fraction of sp³-hybridized carbons (Fsp3) is 1.00. The van der Waals surface area contributed by atoms with Crippen molar-refractivity contribution in [3.8, 4) is 0 Å². The van der Waals surface area contributed by atoms with Crippen LogP contribution in [0.15, 0.2) is 0 Å². The minimum Gasteiger partial charge on any atom is -0.313 e. The van der Waals surface area contributed by atoms with Gasteiger partial charge in [0.1, 0.15) is 0 Å². The van der Waals surface area contributed by atoms with Crippen LogP contribution in [0.2, 0.25) is 0 Å². The van der Waals surface area contributed by atoms with Gasteiger partial charge in [0.05, 0.1) is 0 Å². The second kappa shape index (κ2) is 2.74. The van der Waals surface area contributed by atoms with Gasteiger partial charge in [-0.1, -0.05) is 6.92 Å². The van der Waals surface area contributed by atoms with Crippen LogP contribution in [0.3, 0.4) is 0 Å². The molecule has 0 bridgehead atoms. The van der Waals surface area contributed by atoms with Crippen LogP contribution in [0.25, 0.3) is 0 Å². The molecule has 0 aromatic carbocycles. The summed E-state index contributed by atoms with van der Waals surface area (Å²) < 4.78 is 0. The lowest BCUT2D eigenvalue weighted by molar-refractivity contribution is 0.602. The molecule has 1 unspecified atom stereocenters. The molecule has 0 saturated carbocycles. The van der Waals surface area contributed by atoms with E-state index in [2.05, 4.69) is 24.9 Å². The first-order chi connectivity index (χ1) is 3.80. The Labute approximate surface area is 56.3 Å². The molecule has 1 rings (SSSR count). The summed E-state index contributed by atoms with van der Waals surface area (Å²) in [6.45, 7) is 3.33. The molecule has 1 fully saturated rings. The lowest BCUT2D eigenvalue weighted by atomic mass is 10.2. The van der Waals surface area contributed by atoms with E-state index >= 15 is 0 Å². The second-order valence-corrected chi connectivity index (χ2v) is 3.26. The molecular formula is C6H13NS. The van der Waals surface area contributed by atoms with Gasteiger partial charge in [-0.3, -0.25) is 0 Å². The van der Waals surface area contributed by atoms with Crippen molar-refractivity contribution in [3.05, 3.63) is 0 Å². The van der Waals surface area contributed by atoms with Crippen molar-refractivity contribution in [2.45, 2.75) is 31.1 Å². The van der Waals surface area contributed by atoms with Gasteiger partial charge in [0, 0.05) is 11.3 Å². The third-order valence-corrected chi connectivity index (χ3v) is 2.04. The Bertz CT molecular complexity index is 66.9. The van der Waals surface area contributed by atoms with Crippen LogP contribution >= 0.6 is 12.6 Å². The average molecular weight is 131 g/mol. The molecule has 1 heterocycles. The number of hydrogen-bond acceptors (Lipinski definition) is 2. The van der Waals surface area contributed by atoms with Crippen LogP contribution in [0.4, 0.5) is 0 Å². The molecule has 1 nitrogen and oxygen atoms in total. The fourth-order valence-corrected chi connectivity index (χ4v) is 1.38. The number of rotatable bonds is 1. The van der Waals surface area contributed by atoms with Crippen molar-refractivity contribution >= 4 is 12.6 Å². The smallest absolute Gasteiger partial charge is 0.0181 e. The van der Waals surface area contributed by atoms with Gasteiger partial charge < -0.3 is 5.32 Å². The van der Waals surface area contributed by atoms with E-state index in [0.29, 0.717) is 11.3 Å². The molecule has 0 spiro atoms. The molecule has 0 radical (unpaired) electrons. The average Bonchev–Trinajstić information content (AvgIpc) is 2.12. The van der Waals surface area contributed by atoms with Crippen molar-refractivity contribution in [3.63, 3.8) is 0 Å². The van der Waals surface area contributed by atoms with Crippen LogP contribution in [0.5, 0.6) is 0 Å². The molecular weight excluding hydrogens is 118 g/mol. The maximum Gasteiger partial charge on any atom is 0.0181 e. The Balaban J connectivity index is 2.24. The summed E-state index contributed by atoms with van der Waals surface area (Å²) in [5.41, 5.74) is 0. The van der Waals surface area contributed by atoms with E-state index in [1.54, 1.807) is 0 Å². The summed E-state index contributed by atoms with van der Waals surface area (Å²) in [6, 6.07) is 0.679. The summed E-state index contributed by atoms with van der Waals surface area (Å²) in [5, 5.41) is 3.91. The van der Waals surface area contributed by atoms with Gasteiger partial charge in [-0.05, 0) is 19.4 Å². The molecule has 1 N–H and O–H groups in total. The van der Waals surface area contributed by atoms with Crippen molar-refractivity contribution in [1.82, 2.24) is 5.32 Å². The number of hydrogen-bond donors (Lipinski definition) is 2. The topological polar surface area (TPSA) is 12.0 Å². The van der Waals surface area contributed by atoms with Gasteiger partial charge in [0.25, 0.3) is 0 Å². The quantitative estimate of drug-likeness (QED) is 0.507. The second-order valence-electron chi connectivity index (χ2n) is 2.44. The zero-order valence-corrected chi connectivity index (χ0v) is 6.12. The van der Waals surface area contributed by atoms with Crippen LogP contribution in [-0.2, 0) is 0 Å². The van der Waals surface area contributed by atoms with Gasteiger partial charge >= 0.3 is 0 Å². The SMILES string of the molecule is CC(S)[C@H]1CCCN1. The Morgan fingerprint density at radius 2 is 2.50 bits per heavy atom. The van der Waals surface area contributed by atoms with E-state index in [9.17, 15) is 0 Å². The fourth-order valence-electron chi connectivity index (χ4n) is 1.12. The lowest BCUT2D eigenvalue weighted by Crippen LogP contribution is -2.28. The molecule has 2 heteroatoms. The minimum atomic E-state index is 0.525. The molecule has 48 valence electrons. The molecule has 1 aliphatic rings. The zero-order valence-electron chi connectivity index (χ0n) is 5.22. The van der Waals surface area contributed by atoms with Crippen molar-refractivity contribution in [2.75, 3.05) is 6.54 Å². The molecule has 1 aliphatic heterocycles. The van der Waals surface area contributed by atoms with Crippen LogP contribution in [0, 0.1) is 0 Å². The Morgan fingerprint density at radius 3 is 2.75 bits per heavy atom. The summed E-state index contributed by atoms with van der Waals surface area (Å²) >= 11 is 4.33. The third kappa shape index (κ3) is 1.39. The van der Waals surface area contributed by atoms with Gasteiger partial charge in [0.15, 0.2) is 0 Å². The van der Waals surface area contributed by atoms with E-state index in [-0.39, 0.29) is 0 Å². The minimum absolute atomic E-state index is 0.525. The van der Waals surface area contributed by atoms with Gasteiger partial charge in [-0.15, -0.1) is 0 Å². The highest BCUT2D eigenvalue weighted by molar-refractivity contribution is 7.81. The summed E-state index contributed by atoms with van der Waals surface area (Å²) in [6.07, 6.45) is 2.64. The first-order valence-electron chi connectivity index (χ1n) is 3.22. The predicted molar refractivity (Wildman–Crippen MR) is 39.5 cm³/mol. The van der Waals surface area contributed by atoms with E-state index in [1.165, 1.54) is 19.4 Å². The summed E-state index contributed by atoms with van der Waals surface area (Å²) in [7, 11) is 0. The first-order valence-corrected chi connectivity index (χ1v) is 3.74. The zero-order chi connectivity index (χ0) is 5.98. The lowest BCUT2D eigenvalue weighted by Gasteiger charge is -2.11. The molecule has 0 aromatic rings. The third-order valence-electron chi connectivity index (χ3n) is 1.68. The standard InChI is InChI=1S/C6H13NS/c1-5(8)6-3-2-4-7-6/h5-8H,2-4H2,1H3/t5?,6-/m1/s1. The molecule has 1 saturated heterocycles. The van der Waals surface area contributed by atoms with Gasteiger partial charge in [-0.2, -0.15) is 12.6 Å². The Kier molecular flexibility index (Phi) is 2.20. The summed E-state index contributed by atoms with van der Waals surface area (Å²) in [4.78, 5) is 0. The predicted octanol–water partition coefficient (Wildman–Crippen LogP) is 1.06. The van der Waals surface area contributed by atoms with Gasteiger partial charge in [-0.25, -0.2) is 0 Å². The first kappa shape index (κ1) is 6.43. The largest absolute Gasteiger partial charge is 0.313 e. The van der Waals surface area contributed by atoms with Crippen molar-refractivity contribution < 1.29 is 0 Å². The highest BCUT2D eigenvalue weighted by Crippen LogP contribution is 2.12. The van der Waals surface area contributed by atoms with Crippen LogP contribution < -0.4 is 5.32 Å². The molecule has 0 aromatic heterocycles. The van der Waals surface area contributed by atoms with Crippen molar-refractivity contribution in [2.24, 2.45) is 0 Å². The normalized spacial score (nSPS) is 33.0. The van der Waals surface area contributed by atoms with E-state index in [0.717, 1.165) is 0 Å².